The largest absolute Gasteiger partial charge is 0.497 e. The highest BCUT2D eigenvalue weighted by atomic mass is 16.5. The van der Waals surface area contributed by atoms with Gasteiger partial charge in [0, 0.05) is 23.6 Å². The molecule has 3 rings (SSSR count). The van der Waals surface area contributed by atoms with E-state index in [-0.39, 0.29) is 11.7 Å². The van der Waals surface area contributed by atoms with Crippen molar-refractivity contribution in [2.45, 2.75) is 13.8 Å². The lowest BCUT2D eigenvalue weighted by Gasteiger charge is -2.05. The average molecular weight is 339 g/mol. The Labute approximate surface area is 144 Å². The van der Waals surface area contributed by atoms with E-state index in [0.29, 0.717) is 28.3 Å². The van der Waals surface area contributed by atoms with Gasteiger partial charge in [0.05, 0.1) is 7.11 Å². The molecule has 1 heterocycles. The third kappa shape index (κ3) is 3.47. The van der Waals surface area contributed by atoms with Gasteiger partial charge in [0.15, 0.2) is 0 Å². The number of carbonyl (C=O) groups excluding carboxylic acids is 2. The van der Waals surface area contributed by atoms with E-state index in [1.807, 2.05) is 6.07 Å². The van der Waals surface area contributed by atoms with Crippen LogP contribution in [0.2, 0.25) is 0 Å². The molecule has 0 saturated heterocycles. The summed E-state index contributed by atoms with van der Waals surface area (Å²) >= 11 is 0. The maximum absolute atomic E-state index is 12.4. The molecular weight excluding hydrogens is 322 g/mol. The Hall–Kier alpha value is -3.28. The quantitative estimate of drug-likeness (QED) is 0.576. The van der Waals surface area contributed by atoms with Crippen LogP contribution < -0.4 is 14.8 Å². The lowest BCUT2D eigenvalue weighted by molar-refractivity contribution is -0.114. The van der Waals surface area contributed by atoms with Crippen molar-refractivity contribution in [3.8, 4) is 11.5 Å². The van der Waals surface area contributed by atoms with Crippen LogP contribution in [0, 0.1) is 6.92 Å². The highest BCUT2D eigenvalue weighted by Gasteiger charge is 2.20. The van der Waals surface area contributed by atoms with Gasteiger partial charge in [-0.05, 0) is 49.4 Å². The van der Waals surface area contributed by atoms with E-state index in [1.54, 1.807) is 50.4 Å². The van der Waals surface area contributed by atoms with Gasteiger partial charge in [0.1, 0.15) is 17.1 Å². The van der Waals surface area contributed by atoms with Gasteiger partial charge in [-0.1, -0.05) is 0 Å². The van der Waals surface area contributed by atoms with Crippen LogP contribution in [0.3, 0.4) is 0 Å². The number of benzene rings is 2. The Morgan fingerprint density at radius 1 is 1.04 bits per heavy atom. The minimum atomic E-state index is -0.583. The van der Waals surface area contributed by atoms with Crippen molar-refractivity contribution in [3.05, 3.63) is 53.8 Å². The van der Waals surface area contributed by atoms with Crippen LogP contribution in [0.25, 0.3) is 11.0 Å². The zero-order chi connectivity index (χ0) is 18.0. The first-order valence-electron chi connectivity index (χ1n) is 7.65. The summed E-state index contributed by atoms with van der Waals surface area (Å²) in [5.74, 6) is 0.439. The Morgan fingerprint density at radius 2 is 1.72 bits per heavy atom. The van der Waals surface area contributed by atoms with Crippen LogP contribution >= 0.6 is 0 Å². The highest BCUT2D eigenvalue weighted by molar-refractivity contribution is 5.97. The number of fused-ring (bicyclic) bond motifs is 1. The summed E-state index contributed by atoms with van der Waals surface area (Å²) in [4.78, 5) is 23.4. The summed E-state index contributed by atoms with van der Waals surface area (Å²) in [6, 6.07) is 11.8. The Balaban J connectivity index is 1.82. The molecule has 2 aromatic carbocycles. The number of nitrogens with one attached hydrogen (secondary N) is 1. The zero-order valence-electron chi connectivity index (χ0n) is 14.1. The number of esters is 1. The van der Waals surface area contributed by atoms with Crippen molar-refractivity contribution in [1.82, 2.24) is 0 Å². The van der Waals surface area contributed by atoms with Crippen molar-refractivity contribution >= 4 is 28.5 Å². The topological polar surface area (TPSA) is 77.8 Å². The van der Waals surface area contributed by atoms with Crippen molar-refractivity contribution < 1.29 is 23.5 Å². The number of amides is 1. The standard InChI is InChI=1S/C19H17NO5/c1-11-16-10-15(23-3)8-9-17(16)25-18(11)19(22)24-14-6-4-13(5-7-14)20-12(2)21/h4-10H,1-3H3,(H,20,21). The molecule has 0 fully saturated rings. The van der Waals surface area contributed by atoms with E-state index in [2.05, 4.69) is 5.32 Å². The second kappa shape index (κ2) is 6.68. The smallest absolute Gasteiger partial charge is 0.379 e. The van der Waals surface area contributed by atoms with Gasteiger partial charge in [-0.15, -0.1) is 0 Å². The van der Waals surface area contributed by atoms with E-state index in [0.717, 1.165) is 5.39 Å². The van der Waals surface area contributed by atoms with Gasteiger partial charge < -0.3 is 19.2 Å². The lowest BCUT2D eigenvalue weighted by Crippen LogP contribution is -2.09. The van der Waals surface area contributed by atoms with Gasteiger partial charge in [-0.25, -0.2) is 4.79 Å². The summed E-state index contributed by atoms with van der Waals surface area (Å²) in [7, 11) is 1.58. The molecule has 1 N–H and O–H groups in total. The highest BCUT2D eigenvalue weighted by Crippen LogP contribution is 2.29. The third-order valence-electron chi connectivity index (χ3n) is 3.71. The summed E-state index contributed by atoms with van der Waals surface area (Å²) in [5, 5.41) is 3.44. The third-order valence-corrected chi connectivity index (χ3v) is 3.71. The first kappa shape index (κ1) is 16.6. The molecule has 0 aliphatic rings. The van der Waals surface area contributed by atoms with Gasteiger partial charge in [0.2, 0.25) is 11.7 Å². The molecule has 6 nitrogen and oxygen atoms in total. The normalized spacial score (nSPS) is 10.5. The fraction of sp³-hybridized carbons (Fsp3) is 0.158. The Morgan fingerprint density at radius 3 is 2.36 bits per heavy atom. The van der Waals surface area contributed by atoms with Crippen molar-refractivity contribution in [3.63, 3.8) is 0 Å². The van der Waals surface area contributed by atoms with E-state index in [1.165, 1.54) is 6.92 Å². The first-order chi connectivity index (χ1) is 12.0. The molecule has 0 atom stereocenters. The minimum absolute atomic E-state index is 0.147. The van der Waals surface area contributed by atoms with Crippen LogP contribution in [0.4, 0.5) is 5.69 Å². The van der Waals surface area contributed by atoms with Crippen LogP contribution in [0.15, 0.2) is 46.9 Å². The van der Waals surface area contributed by atoms with Crippen molar-refractivity contribution in [1.29, 1.82) is 0 Å². The first-order valence-corrected chi connectivity index (χ1v) is 7.65. The van der Waals surface area contributed by atoms with Gasteiger partial charge in [-0.3, -0.25) is 4.79 Å². The van der Waals surface area contributed by atoms with E-state index < -0.39 is 5.97 Å². The molecule has 0 bridgehead atoms. The number of hydrogen-bond acceptors (Lipinski definition) is 5. The maximum atomic E-state index is 12.4. The maximum Gasteiger partial charge on any atom is 0.379 e. The molecule has 0 radical (unpaired) electrons. The lowest BCUT2D eigenvalue weighted by atomic mass is 10.1. The summed E-state index contributed by atoms with van der Waals surface area (Å²) < 4.78 is 16.2. The summed E-state index contributed by atoms with van der Waals surface area (Å²) in [5.41, 5.74) is 1.90. The molecule has 128 valence electrons. The van der Waals surface area contributed by atoms with E-state index in [9.17, 15) is 9.59 Å². The molecule has 0 unspecified atom stereocenters. The Bertz CT molecular complexity index is 940. The van der Waals surface area contributed by atoms with Crippen molar-refractivity contribution in [2.24, 2.45) is 0 Å². The number of rotatable bonds is 4. The molecule has 25 heavy (non-hydrogen) atoms. The van der Waals surface area contributed by atoms with Crippen LogP contribution in [0.1, 0.15) is 23.0 Å². The number of aryl methyl sites for hydroxylation is 1. The van der Waals surface area contributed by atoms with Crippen LogP contribution in [0.5, 0.6) is 11.5 Å². The van der Waals surface area contributed by atoms with Crippen LogP contribution in [-0.2, 0) is 4.79 Å². The van der Waals surface area contributed by atoms with Gasteiger partial charge in [-0.2, -0.15) is 0 Å². The number of carbonyl (C=O) groups is 2. The van der Waals surface area contributed by atoms with Crippen LogP contribution in [-0.4, -0.2) is 19.0 Å². The number of hydrogen-bond donors (Lipinski definition) is 1. The molecule has 3 aromatic rings. The molecule has 1 aromatic heterocycles. The Kier molecular flexibility index (Phi) is 4.43. The second-order valence-corrected chi connectivity index (χ2v) is 5.51. The average Bonchev–Trinajstić information content (AvgIpc) is 2.92. The fourth-order valence-electron chi connectivity index (χ4n) is 2.48. The monoisotopic (exact) mass is 339 g/mol. The predicted octanol–water partition coefficient (Wildman–Crippen LogP) is 3.93. The molecule has 1 amide bonds. The fourth-order valence-corrected chi connectivity index (χ4v) is 2.48. The van der Waals surface area contributed by atoms with E-state index in [4.69, 9.17) is 13.9 Å². The molecular formula is C19H17NO5. The zero-order valence-corrected chi connectivity index (χ0v) is 14.1. The molecule has 0 saturated carbocycles. The van der Waals surface area contributed by atoms with Gasteiger partial charge in [0.25, 0.3) is 0 Å². The van der Waals surface area contributed by atoms with E-state index >= 15 is 0 Å². The molecule has 0 aliphatic carbocycles. The molecule has 6 heteroatoms. The second-order valence-electron chi connectivity index (χ2n) is 5.51. The predicted molar refractivity (Wildman–Crippen MR) is 93.2 cm³/mol. The van der Waals surface area contributed by atoms with Crippen molar-refractivity contribution in [2.75, 3.05) is 12.4 Å². The number of ether oxygens (including phenoxy) is 2. The summed E-state index contributed by atoms with van der Waals surface area (Å²) in [6.45, 7) is 3.22. The number of furan rings is 1. The SMILES string of the molecule is COc1ccc2oc(C(=O)Oc3ccc(NC(C)=O)cc3)c(C)c2c1. The number of methoxy groups -OCH3 is 1. The molecule has 0 spiro atoms. The minimum Gasteiger partial charge on any atom is -0.497 e. The van der Waals surface area contributed by atoms with Gasteiger partial charge >= 0.3 is 5.97 Å². The molecule has 0 aliphatic heterocycles. The summed E-state index contributed by atoms with van der Waals surface area (Å²) in [6.07, 6.45) is 0. The number of anilines is 1.